The number of hydrogen-bond acceptors (Lipinski definition) is 3. The van der Waals surface area contributed by atoms with Gasteiger partial charge in [0.05, 0.1) is 6.04 Å². The number of nitrogens with zero attached hydrogens (tertiary/aromatic N) is 2. The third kappa shape index (κ3) is 4.46. The fraction of sp³-hybridized carbons (Fsp3) is 0.435. The SMILES string of the molecule is C[C@@H](c1ccccc1)N(C)C(=O)C1(N2CCNCC2)Cc2ccccc2C1.Cl.Cl. The molecule has 29 heavy (non-hydrogen) atoms. The van der Waals surface area contributed by atoms with Gasteiger partial charge < -0.3 is 10.2 Å². The minimum absolute atomic E-state index is 0. The zero-order valence-corrected chi connectivity index (χ0v) is 18.8. The normalized spacial score (nSPS) is 18.7. The van der Waals surface area contributed by atoms with Crippen LogP contribution in [0.25, 0.3) is 0 Å². The summed E-state index contributed by atoms with van der Waals surface area (Å²) in [6.07, 6.45) is 1.63. The Bertz CT molecular complexity index is 784. The van der Waals surface area contributed by atoms with E-state index in [-0.39, 0.29) is 36.8 Å². The third-order valence-electron chi connectivity index (χ3n) is 6.39. The monoisotopic (exact) mass is 435 g/mol. The molecule has 158 valence electrons. The van der Waals surface area contributed by atoms with E-state index in [0.29, 0.717) is 0 Å². The van der Waals surface area contributed by atoms with Crippen LogP contribution in [0.4, 0.5) is 0 Å². The minimum atomic E-state index is -0.455. The minimum Gasteiger partial charge on any atom is -0.337 e. The van der Waals surface area contributed by atoms with Gasteiger partial charge >= 0.3 is 0 Å². The Morgan fingerprint density at radius 2 is 1.48 bits per heavy atom. The van der Waals surface area contributed by atoms with E-state index in [2.05, 4.69) is 53.5 Å². The predicted molar refractivity (Wildman–Crippen MR) is 123 cm³/mol. The molecule has 0 bridgehead atoms. The lowest BCUT2D eigenvalue weighted by atomic mass is 9.89. The number of nitrogens with one attached hydrogen (secondary N) is 1. The van der Waals surface area contributed by atoms with Gasteiger partial charge in [-0.25, -0.2) is 0 Å². The number of fused-ring (bicyclic) bond motifs is 1. The number of piperazine rings is 1. The molecule has 1 saturated heterocycles. The second-order valence-electron chi connectivity index (χ2n) is 7.89. The fourth-order valence-electron chi connectivity index (χ4n) is 4.66. The summed E-state index contributed by atoms with van der Waals surface area (Å²) in [7, 11) is 1.97. The van der Waals surface area contributed by atoms with Crippen LogP contribution in [0.2, 0.25) is 0 Å². The van der Waals surface area contributed by atoms with E-state index in [9.17, 15) is 4.79 Å². The fourth-order valence-corrected chi connectivity index (χ4v) is 4.66. The molecule has 0 unspecified atom stereocenters. The van der Waals surface area contributed by atoms with Gasteiger partial charge in [0.2, 0.25) is 5.91 Å². The Hall–Kier alpha value is -1.59. The molecular weight excluding hydrogens is 405 g/mol. The lowest BCUT2D eigenvalue weighted by Gasteiger charge is -2.45. The van der Waals surface area contributed by atoms with Crippen molar-refractivity contribution in [3.05, 3.63) is 71.3 Å². The Labute approximate surface area is 186 Å². The van der Waals surface area contributed by atoms with Crippen LogP contribution in [0.3, 0.4) is 0 Å². The molecule has 0 spiro atoms. The summed E-state index contributed by atoms with van der Waals surface area (Å²) in [6, 6.07) is 18.9. The molecule has 1 heterocycles. The summed E-state index contributed by atoms with van der Waals surface area (Å²) in [5, 5.41) is 3.43. The highest BCUT2D eigenvalue weighted by atomic mass is 35.5. The van der Waals surface area contributed by atoms with E-state index in [1.54, 1.807) is 0 Å². The smallest absolute Gasteiger partial charge is 0.244 e. The Morgan fingerprint density at radius 1 is 0.966 bits per heavy atom. The van der Waals surface area contributed by atoms with Crippen molar-refractivity contribution >= 4 is 30.7 Å². The van der Waals surface area contributed by atoms with Crippen LogP contribution in [-0.4, -0.2) is 54.5 Å². The number of rotatable bonds is 4. The average molecular weight is 436 g/mol. The highest BCUT2D eigenvalue weighted by Gasteiger charge is 2.50. The van der Waals surface area contributed by atoms with Gasteiger partial charge in [0.15, 0.2) is 0 Å². The average Bonchev–Trinajstić information content (AvgIpc) is 3.14. The van der Waals surface area contributed by atoms with Crippen molar-refractivity contribution in [2.24, 2.45) is 0 Å². The first-order chi connectivity index (χ1) is 13.1. The number of likely N-dealkylation sites (N-methyl/N-ethyl adjacent to an activating group) is 1. The van der Waals surface area contributed by atoms with Crippen LogP contribution in [0, 0.1) is 0 Å². The maximum absolute atomic E-state index is 13.9. The highest BCUT2D eigenvalue weighted by Crippen LogP contribution is 2.37. The molecule has 4 nitrogen and oxygen atoms in total. The molecule has 1 N–H and O–H groups in total. The van der Waals surface area contributed by atoms with Crippen LogP contribution in [0.15, 0.2) is 54.6 Å². The van der Waals surface area contributed by atoms with Crippen LogP contribution >= 0.6 is 24.8 Å². The molecule has 0 radical (unpaired) electrons. The quantitative estimate of drug-likeness (QED) is 0.797. The summed E-state index contributed by atoms with van der Waals surface area (Å²) in [6.45, 7) is 5.87. The largest absolute Gasteiger partial charge is 0.337 e. The maximum atomic E-state index is 13.9. The van der Waals surface area contributed by atoms with Crippen molar-refractivity contribution in [2.45, 2.75) is 31.3 Å². The molecule has 1 fully saturated rings. The van der Waals surface area contributed by atoms with Crippen molar-refractivity contribution < 1.29 is 4.79 Å². The number of hydrogen-bond donors (Lipinski definition) is 1. The number of amides is 1. The van der Waals surface area contributed by atoms with Crippen molar-refractivity contribution in [3.63, 3.8) is 0 Å². The van der Waals surface area contributed by atoms with Crippen molar-refractivity contribution in [2.75, 3.05) is 33.2 Å². The van der Waals surface area contributed by atoms with E-state index in [1.165, 1.54) is 16.7 Å². The second-order valence-corrected chi connectivity index (χ2v) is 7.89. The van der Waals surface area contributed by atoms with Gasteiger partial charge in [0.25, 0.3) is 0 Å². The standard InChI is InChI=1S/C23H29N3O.2ClH/c1-18(19-8-4-3-5-9-19)25(2)22(27)23(26-14-12-24-13-15-26)16-20-10-6-7-11-21(20)17-23;;/h3-11,18,24H,12-17H2,1-2H3;2*1H/t18-;;/m0../s1. The molecule has 2 aromatic rings. The lowest BCUT2D eigenvalue weighted by molar-refractivity contribution is -0.145. The molecule has 2 aliphatic rings. The van der Waals surface area contributed by atoms with Crippen molar-refractivity contribution in [1.82, 2.24) is 15.1 Å². The zero-order valence-electron chi connectivity index (χ0n) is 17.1. The Kier molecular flexibility index (Phi) is 8.12. The second kappa shape index (κ2) is 9.94. The number of halogens is 2. The molecule has 0 aromatic heterocycles. The predicted octanol–water partition coefficient (Wildman–Crippen LogP) is 3.49. The van der Waals surface area contributed by atoms with Gasteiger partial charge in [-0.3, -0.25) is 9.69 Å². The van der Waals surface area contributed by atoms with E-state index < -0.39 is 5.54 Å². The Morgan fingerprint density at radius 3 is 2.03 bits per heavy atom. The summed E-state index contributed by atoms with van der Waals surface area (Å²) < 4.78 is 0. The molecule has 1 aliphatic carbocycles. The first-order valence-electron chi connectivity index (χ1n) is 9.96. The summed E-state index contributed by atoms with van der Waals surface area (Å²) in [5.41, 5.74) is 3.37. The van der Waals surface area contributed by atoms with E-state index >= 15 is 0 Å². The van der Waals surface area contributed by atoms with E-state index in [0.717, 1.165) is 39.0 Å². The van der Waals surface area contributed by atoms with Gasteiger partial charge in [0.1, 0.15) is 5.54 Å². The third-order valence-corrected chi connectivity index (χ3v) is 6.39. The van der Waals surface area contributed by atoms with Gasteiger partial charge in [-0.05, 0) is 23.6 Å². The van der Waals surface area contributed by atoms with Crippen LogP contribution < -0.4 is 5.32 Å². The molecule has 6 heteroatoms. The van der Waals surface area contributed by atoms with E-state index in [1.807, 2.05) is 30.1 Å². The highest BCUT2D eigenvalue weighted by molar-refractivity contribution is 5.88. The van der Waals surface area contributed by atoms with Gasteiger partial charge in [-0.15, -0.1) is 24.8 Å². The molecule has 4 rings (SSSR count). The van der Waals surface area contributed by atoms with Crippen molar-refractivity contribution in [3.8, 4) is 0 Å². The first kappa shape index (κ1) is 23.7. The van der Waals surface area contributed by atoms with Crippen LogP contribution in [0.1, 0.15) is 29.7 Å². The van der Waals surface area contributed by atoms with Gasteiger partial charge in [-0.2, -0.15) is 0 Å². The molecule has 2 aromatic carbocycles. The molecule has 0 saturated carbocycles. The molecule has 1 atom stereocenters. The van der Waals surface area contributed by atoms with Crippen LogP contribution in [-0.2, 0) is 17.6 Å². The summed E-state index contributed by atoms with van der Waals surface area (Å²) in [5.74, 6) is 0.247. The maximum Gasteiger partial charge on any atom is 0.244 e. The topological polar surface area (TPSA) is 35.6 Å². The Balaban J connectivity index is 0.00000150. The van der Waals surface area contributed by atoms with Gasteiger partial charge in [-0.1, -0.05) is 54.6 Å². The lowest BCUT2D eigenvalue weighted by Crippen LogP contribution is -2.64. The van der Waals surface area contributed by atoms with Crippen LogP contribution in [0.5, 0.6) is 0 Å². The van der Waals surface area contributed by atoms with Crippen molar-refractivity contribution in [1.29, 1.82) is 0 Å². The number of carbonyl (C=O) groups excluding carboxylic acids is 1. The number of benzene rings is 2. The van der Waals surface area contributed by atoms with E-state index in [4.69, 9.17) is 0 Å². The zero-order chi connectivity index (χ0) is 18.9. The van der Waals surface area contributed by atoms with Gasteiger partial charge in [0, 0.05) is 46.1 Å². The molecule has 1 amide bonds. The molecule has 1 aliphatic heterocycles. The number of carbonyl (C=O) groups is 1. The molecular formula is C23H31Cl2N3O. The summed E-state index contributed by atoms with van der Waals surface area (Å²) in [4.78, 5) is 18.3. The summed E-state index contributed by atoms with van der Waals surface area (Å²) >= 11 is 0. The first-order valence-corrected chi connectivity index (χ1v) is 9.96.